The summed E-state index contributed by atoms with van der Waals surface area (Å²) in [4.78, 5) is 37.5. The standard InChI is InChI=1S/C21H26N2O4/c24-19(13-27-21(26)12-16-11-14-3-4-15(16)10-14)22-17-5-7-18(8-6-17)23-9-1-2-20(23)25/h5-8,14-16H,1-4,9-13H2,(H,22,24)/t14-,15+,16+/m0/s1. The van der Waals surface area contributed by atoms with Crippen molar-refractivity contribution in [1.82, 2.24) is 0 Å². The third kappa shape index (κ3) is 4.15. The van der Waals surface area contributed by atoms with E-state index >= 15 is 0 Å². The van der Waals surface area contributed by atoms with Crippen LogP contribution in [0.4, 0.5) is 11.4 Å². The lowest BCUT2D eigenvalue weighted by Gasteiger charge is -2.20. The lowest BCUT2D eigenvalue weighted by molar-refractivity contribution is -0.148. The molecule has 0 aromatic heterocycles. The van der Waals surface area contributed by atoms with Crippen molar-refractivity contribution < 1.29 is 19.1 Å². The van der Waals surface area contributed by atoms with Crippen LogP contribution in [0.1, 0.15) is 44.9 Å². The number of amides is 2. The zero-order chi connectivity index (χ0) is 18.8. The van der Waals surface area contributed by atoms with Crippen LogP contribution in [0.5, 0.6) is 0 Å². The van der Waals surface area contributed by atoms with Crippen LogP contribution in [0.15, 0.2) is 24.3 Å². The Balaban J connectivity index is 1.21. The first-order valence-corrected chi connectivity index (χ1v) is 9.94. The molecule has 0 radical (unpaired) electrons. The fraction of sp³-hybridized carbons (Fsp3) is 0.571. The molecule has 1 N–H and O–H groups in total. The Morgan fingerprint density at radius 3 is 2.59 bits per heavy atom. The number of carbonyl (C=O) groups is 3. The van der Waals surface area contributed by atoms with Gasteiger partial charge in [-0.05, 0) is 67.7 Å². The molecule has 3 fully saturated rings. The number of nitrogens with one attached hydrogen (secondary N) is 1. The summed E-state index contributed by atoms with van der Waals surface area (Å²) in [6, 6.07) is 7.16. The van der Waals surface area contributed by atoms with Gasteiger partial charge in [0.25, 0.3) is 5.91 Å². The molecule has 3 aliphatic rings. The third-order valence-electron chi connectivity index (χ3n) is 6.21. The maximum absolute atomic E-state index is 12.0. The lowest BCUT2D eigenvalue weighted by Crippen LogP contribution is -2.24. The molecule has 1 heterocycles. The number of benzene rings is 1. The quantitative estimate of drug-likeness (QED) is 0.781. The van der Waals surface area contributed by atoms with Gasteiger partial charge in [0.1, 0.15) is 0 Å². The summed E-state index contributed by atoms with van der Waals surface area (Å²) in [5.74, 6) is 1.44. The summed E-state index contributed by atoms with van der Waals surface area (Å²) >= 11 is 0. The van der Waals surface area contributed by atoms with Crippen molar-refractivity contribution in [2.75, 3.05) is 23.4 Å². The second kappa shape index (κ2) is 7.71. The Hall–Kier alpha value is -2.37. The van der Waals surface area contributed by atoms with E-state index in [1.54, 1.807) is 17.0 Å². The molecule has 1 aromatic rings. The zero-order valence-corrected chi connectivity index (χ0v) is 15.5. The van der Waals surface area contributed by atoms with Crippen LogP contribution in [0, 0.1) is 17.8 Å². The van der Waals surface area contributed by atoms with Crippen molar-refractivity contribution in [3.63, 3.8) is 0 Å². The summed E-state index contributed by atoms with van der Waals surface area (Å²) in [6.45, 7) is 0.481. The molecule has 1 aromatic carbocycles. The van der Waals surface area contributed by atoms with Crippen LogP contribution in [-0.4, -0.2) is 30.9 Å². The van der Waals surface area contributed by atoms with Gasteiger partial charge >= 0.3 is 5.97 Å². The molecular formula is C21H26N2O4. The molecule has 1 aliphatic heterocycles. The number of nitrogens with zero attached hydrogens (tertiary/aromatic N) is 1. The van der Waals surface area contributed by atoms with E-state index in [-0.39, 0.29) is 24.4 Å². The van der Waals surface area contributed by atoms with E-state index in [0.717, 1.165) is 31.0 Å². The SMILES string of the molecule is O=C(COC(=O)C[C@H]1C[C@H]2CC[C@@H]1C2)Nc1ccc(N2CCCC2=O)cc1. The number of fused-ring (bicyclic) bond motifs is 2. The predicted octanol–water partition coefficient (Wildman–Crippen LogP) is 3.12. The summed E-state index contributed by atoms with van der Waals surface area (Å²) < 4.78 is 5.16. The van der Waals surface area contributed by atoms with E-state index in [4.69, 9.17) is 4.74 Å². The van der Waals surface area contributed by atoms with Crippen LogP contribution in [0.2, 0.25) is 0 Å². The minimum Gasteiger partial charge on any atom is -0.456 e. The summed E-state index contributed by atoms with van der Waals surface area (Å²) in [6.07, 6.45) is 6.85. The number of hydrogen-bond donors (Lipinski definition) is 1. The van der Waals surface area contributed by atoms with Crippen LogP contribution < -0.4 is 10.2 Å². The number of rotatable bonds is 6. The van der Waals surface area contributed by atoms with Crippen molar-refractivity contribution in [3.8, 4) is 0 Å². The fourth-order valence-corrected chi connectivity index (χ4v) is 4.89. The van der Waals surface area contributed by atoms with Gasteiger partial charge in [-0.1, -0.05) is 6.42 Å². The molecule has 2 amide bonds. The molecule has 2 aliphatic carbocycles. The van der Waals surface area contributed by atoms with Crippen molar-refractivity contribution in [3.05, 3.63) is 24.3 Å². The van der Waals surface area contributed by atoms with Gasteiger partial charge < -0.3 is 15.0 Å². The van der Waals surface area contributed by atoms with Crippen LogP contribution >= 0.6 is 0 Å². The van der Waals surface area contributed by atoms with Gasteiger partial charge in [0.15, 0.2) is 6.61 Å². The van der Waals surface area contributed by atoms with Crippen molar-refractivity contribution in [1.29, 1.82) is 0 Å². The molecule has 6 nitrogen and oxygen atoms in total. The third-order valence-corrected chi connectivity index (χ3v) is 6.21. The summed E-state index contributed by atoms with van der Waals surface area (Å²) in [5.41, 5.74) is 1.47. The molecule has 0 spiro atoms. The minimum atomic E-state index is -0.346. The highest BCUT2D eigenvalue weighted by atomic mass is 16.5. The minimum absolute atomic E-state index is 0.134. The number of anilines is 2. The molecule has 3 atom stereocenters. The molecule has 27 heavy (non-hydrogen) atoms. The van der Waals surface area contributed by atoms with E-state index in [1.165, 1.54) is 19.3 Å². The molecule has 1 saturated heterocycles. The van der Waals surface area contributed by atoms with Gasteiger partial charge in [-0.2, -0.15) is 0 Å². The Labute approximate surface area is 159 Å². The molecular weight excluding hydrogens is 344 g/mol. The van der Waals surface area contributed by atoms with Crippen LogP contribution in [0.3, 0.4) is 0 Å². The van der Waals surface area contributed by atoms with E-state index in [2.05, 4.69) is 5.32 Å². The first-order valence-electron chi connectivity index (χ1n) is 9.94. The number of carbonyl (C=O) groups excluding carboxylic acids is 3. The lowest BCUT2D eigenvalue weighted by atomic mass is 9.86. The number of esters is 1. The first-order chi connectivity index (χ1) is 13.1. The van der Waals surface area contributed by atoms with Crippen molar-refractivity contribution in [2.45, 2.75) is 44.9 Å². The molecule has 144 valence electrons. The van der Waals surface area contributed by atoms with Crippen LogP contribution in [-0.2, 0) is 19.1 Å². The molecule has 2 saturated carbocycles. The van der Waals surface area contributed by atoms with Gasteiger partial charge in [0.2, 0.25) is 5.91 Å². The zero-order valence-electron chi connectivity index (χ0n) is 15.5. The highest BCUT2D eigenvalue weighted by Crippen LogP contribution is 2.49. The monoisotopic (exact) mass is 370 g/mol. The maximum atomic E-state index is 12.0. The molecule has 2 bridgehead atoms. The first kappa shape index (κ1) is 18.0. The van der Waals surface area contributed by atoms with E-state index in [1.807, 2.05) is 12.1 Å². The van der Waals surface area contributed by atoms with E-state index in [0.29, 0.717) is 30.4 Å². The van der Waals surface area contributed by atoms with E-state index in [9.17, 15) is 14.4 Å². The van der Waals surface area contributed by atoms with Gasteiger partial charge in [0, 0.05) is 30.8 Å². The fourth-order valence-electron chi connectivity index (χ4n) is 4.89. The Bertz CT molecular complexity index is 730. The Kier molecular flexibility index (Phi) is 5.14. The summed E-state index contributed by atoms with van der Waals surface area (Å²) in [7, 11) is 0. The van der Waals surface area contributed by atoms with E-state index < -0.39 is 0 Å². The van der Waals surface area contributed by atoms with Crippen LogP contribution in [0.25, 0.3) is 0 Å². The van der Waals surface area contributed by atoms with Crippen molar-refractivity contribution >= 4 is 29.2 Å². The maximum Gasteiger partial charge on any atom is 0.306 e. The average molecular weight is 370 g/mol. The Morgan fingerprint density at radius 2 is 1.96 bits per heavy atom. The topological polar surface area (TPSA) is 75.7 Å². The second-order valence-electron chi connectivity index (χ2n) is 8.04. The molecule has 0 unspecified atom stereocenters. The number of hydrogen-bond acceptors (Lipinski definition) is 4. The smallest absolute Gasteiger partial charge is 0.306 e. The molecule has 4 rings (SSSR count). The predicted molar refractivity (Wildman–Crippen MR) is 101 cm³/mol. The average Bonchev–Trinajstić information content (AvgIpc) is 3.38. The number of ether oxygens (including phenoxy) is 1. The summed E-state index contributed by atoms with van der Waals surface area (Å²) in [5, 5.41) is 2.73. The van der Waals surface area contributed by atoms with Crippen molar-refractivity contribution in [2.24, 2.45) is 17.8 Å². The van der Waals surface area contributed by atoms with Gasteiger partial charge in [-0.3, -0.25) is 14.4 Å². The largest absolute Gasteiger partial charge is 0.456 e. The van der Waals surface area contributed by atoms with Gasteiger partial charge in [-0.15, -0.1) is 0 Å². The van der Waals surface area contributed by atoms with Gasteiger partial charge in [-0.25, -0.2) is 0 Å². The normalized spacial score (nSPS) is 26.4. The highest BCUT2D eigenvalue weighted by Gasteiger charge is 2.40. The molecule has 6 heteroatoms. The second-order valence-corrected chi connectivity index (χ2v) is 8.04. The van der Waals surface area contributed by atoms with Gasteiger partial charge in [0.05, 0.1) is 0 Å². The highest BCUT2D eigenvalue weighted by molar-refractivity contribution is 5.96. The Morgan fingerprint density at radius 1 is 1.15 bits per heavy atom.